The second-order valence-electron chi connectivity index (χ2n) is 4.81. The normalized spacial score (nSPS) is 20.2. The molecule has 0 atom stereocenters. The van der Waals surface area contributed by atoms with Crippen LogP contribution in [0.1, 0.15) is 20.3 Å². The fourth-order valence-electron chi connectivity index (χ4n) is 2.05. The van der Waals surface area contributed by atoms with Crippen molar-refractivity contribution in [3.05, 3.63) is 30.1 Å². The zero-order valence-electron chi connectivity index (χ0n) is 10.2. The highest BCUT2D eigenvalue weighted by atomic mass is 19.1. The van der Waals surface area contributed by atoms with E-state index in [2.05, 4.69) is 5.32 Å². The van der Waals surface area contributed by atoms with Gasteiger partial charge in [-0.05, 0) is 38.9 Å². The number of carbonyl (C=O) groups is 1. The lowest BCUT2D eigenvalue weighted by molar-refractivity contribution is -0.123. The predicted molar refractivity (Wildman–Crippen MR) is 65.5 cm³/mol. The molecule has 4 heteroatoms. The number of hydrogen-bond acceptors (Lipinski definition) is 2. The predicted octanol–water partition coefficient (Wildman–Crippen LogP) is 1.93. The van der Waals surface area contributed by atoms with Crippen LogP contribution < -0.4 is 10.2 Å². The lowest BCUT2D eigenvalue weighted by Crippen LogP contribution is -2.52. The Kier molecular flexibility index (Phi) is 3.15. The summed E-state index contributed by atoms with van der Waals surface area (Å²) in [6.07, 6.45) is 0.823. The summed E-state index contributed by atoms with van der Waals surface area (Å²) in [5.41, 5.74) is -0.270. The maximum Gasteiger partial charge on any atom is 0.246 e. The molecule has 17 heavy (non-hydrogen) atoms. The van der Waals surface area contributed by atoms with Crippen LogP contribution >= 0.6 is 0 Å². The van der Waals surface area contributed by atoms with Crippen molar-refractivity contribution in [2.75, 3.05) is 18.0 Å². The molecule has 1 amide bonds. The Hall–Kier alpha value is -1.42. The summed E-state index contributed by atoms with van der Waals surface area (Å²) in [5, 5.41) is 3.18. The molecule has 1 aromatic carbocycles. The van der Waals surface area contributed by atoms with Gasteiger partial charge < -0.3 is 10.2 Å². The second-order valence-corrected chi connectivity index (χ2v) is 4.81. The zero-order chi connectivity index (χ0) is 12.5. The largest absolute Gasteiger partial charge is 0.308 e. The number of nitrogens with zero attached hydrogens (tertiary/aromatic N) is 1. The molecule has 0 spiro atoms. The molecule has 1 aliphatic rings. The summed E-state index contributed by atoms with van der Waals surface area (Å²) in [5.74, 6) is -0.432. The number of rotatable bonds is 1. The molecular formula is C13H17FN2O. The van der Waals surface area contributed by atoms with Gasteiger partial charge in [-0.2, -0.15) is 0 Å². The lowest BCUT2D eigenvalue weighted by atomic mass is 10.0. The molecule has 0 bridgehead atoms. The fraction of sp³-hybridized carbons (Fsp3) is 0.462. The number of benzene rings is 1. The SMILES string of the molecule is CC1(C)NCCCN(c2ccccc2F)C1=O. The van der Waals surface area contributed by atoms with Gasteiger partial charge in [0.05, 0.1) is 11.2 Å². The molecule has 92 valence electrons. The van der Waals surface area contributed by atoms with Gasteiger partial charge in [-0.3, -0.25) is 4.79 Å². The van der Waals surface area contributed by atoms with Gasteiger partial charge in [0.2, 0.25) is 5.91 Å². The first kappa shape index (κ1) is 12.0. The lowest BCUT2D eigenvalue weighted by Gasteiger charge is -2.29. The maximum atomic E-state index is 13.7. The Morgan fingerprint density at radius 2 is 2.06 bits per heavy atom. The number of hydrogen-bond donors (Lipinski definition) is 1. The van der Waals surface area contributed by atoms with Crippen LogP contribution in [-0.4, -0.2) is 24.5 Å². The number of halogens is 1. The van der Waals surface area contributed by atoms with E-state index in [1.165, 1.54) is 11.0 Å². The Morgan fingerprint density at radius 3 is 2.76 bits per heavy atom. The quantitative estimate of drug-likeness (QED) is 0.808. The van der Waals surface area contributed by atoms with Crippen molar-refractivity contribution < 1.29 is 9.18 Å². The van der Waals surface area contributed by atoms with Crippen LogP contribution in [0.3, 0.4) is 0 Å². The van der Waals surface area contributed by atoms with E-state index in [4.69, 9.17) is 0 Å². The van der Waals surface area contributed by atoms with Crippen LogP contribution in [0.5, 0.6) is 0 Å². The fourth-order valence-corrected chi connectivity index (χ4v) is 2.05. The van der Waals surface area contributed by atoms with E-state index >= 15 is 0 Å². The molecule has 1 heterocycles. The first-order chi connectivity index (χ1) is 8.02. The van der Waals surface area contributed by atoms with E-state index in [0.717, 1.165) is 13.0 Å². The molecule has 1 fully saturated rings. The third-order valence-corrected chi connectivity index (χ3v) is 3.05. The highest BCUT2D eigenvalue weighted by molar-refractivity contribution is 6.00. The number of amides is 1. The van der Waals surface area contributed by atoms with Gasteiger partial charge in [-0.1, -0.05) is 12.1 Å². The summed E-state index contributed by atoms with van der Waals surface area (Å²) < 4.78 is 13.7. The van der Waals surface area contributed by atoms with E-state index in [1.54, 1.807) is 18.2 Å². The molecule has 1 aromatic rings. The van der Waals surface area contributed by atoms with E-state index < -0.39 is 5.54 Å². The van der Waals surface area contributed by atoms with Crippen LogP contribution in [0, 0.1) is 5.82 Å². The Morgan fingerprint density at radius 1 is 1.35 bits per heavy atom. The molecule has 0 radical (unpaired) electrons. The van der Waals surface area contributed by atoms with Crippen molar-refractivity contribution in [2.45, 2.75) is 25.8 Å². The number of nitrogens with one attached hydrogen (secondary N) is 1. The molecule has 2 rings (SSSR count). The number of carbonyl (C=O) groups excluding carboxylic acids is 1. The van der Waals surface area contributed by atoms with Crippen molar-refractivity contribution in [2.24, 2.45) is 0 Å². The summed E-state index contributed by atoms with van der Waals surface area (Å²) in [7, 11) is 0. The van der Waals surface area contributed by atoms with Gasteiger partial charge in [0.15, 0.2) is 0 Å². The van der Waals surface area contributed by atoms with Crippen molar-refractivity contribution in [1.29, 1.82) is 0 Å². The van der Waals surface area contributed by atoms with E-state index in [1.807, 2.05) is 13.8 Å². The summed E-state index contributed by atoms with van der Waals surface area (Å²) in [4.78, 5) is 13.9. The van der Waals surface area contributed by atoms with Gasteiger partial charge in [-0.25, -0.2) is 4.39 Å². The monoisotopic (exact) mass is 236 g/mol. The Labute approximate surface area is 101 Å². The summed E-state index contributed by atoms with van der Waals surface area (Å²) >= 11 is 0. The van der Waals surface area contributed by atoms with Crippen molar-refractivity contribution in [1.82, 2.24) is 5.32 Å². The summed E-state index contributed by atoms with van der Waals surface area (Å²) in [6.45, 7) is 4.98. The van der Waals surface area contributed by atoms with Gasteiger partial charge in [0.25, 0.3) is 0 Å². The smallest absolute Gasteiger partial charge is 0.246 e. The topological polar surface area (TPSA) is 32.3 Å². The molecule has 0 saturated carbocycles. The van der Waals surface area contributed by atoms with Crippen LogP contribution in [0.2, 0.25) is 0 Å². The third-order valence-electron chi connectivity index (χ3n) is 3.05. The maximum absolute atomic E-state index is 13.7. The molecular weight excluding hydrogens is 219 g/mol. The van der Waals surface area contributed by atoms with Gasteiger partial charge >= 0.3 is 0 Å². The highest BCUT2D eigenvalue weighted by Crippen LogP contribution is 2.23. The summed E-state index contributed by atoms with van der Waals surface area (Å²) in [6, 6.07) is 6.41. The molecule has 0 aliphatic carbocycles. The van der Waals surface area contributed by atoms with Gasteiger partial charge in [0.1, 0.15) is 5.82 Å². The van der Waals surface area contributed by atoms with Crippen molar-refractivity contribution in [3.8, 4) is 0 Å². The molecule has 0 unspecified atom stereocenters. The third kappa shape index (κ3) is 2.31. The molecule has 3 nitrogen and oxygen atoms in total. The average Bonchev–Trinajstić information content (AvgIpc) is 2.41. The number of para-hydroxylation sites is 1. The van der Waals surface area contributed by atoms with E-state index in [0.29, 0.717) is 12.2 Å². The second kappa shape index (κ2) is 4.45. The van der Waals surface area contributed by atoms with E-state index in [9.17, 15) is 9.18 Å². The Bertz CT molecular complexity index is 431. The first-order valence-electron chi connectivity index (χ1n) is 5.84. The zero-order valence-corrected chi connectivity index (χ0v) is 10.2. The molecule has 1 aliphatic heterocycles. The Balaban J connectivity index is 2.37. The molecule has 0 aromatic heterocycles. The highest BCUT2D eigenvalue weighted by Gasteiger charge is 2.34. The molecule has 1 N–H and O–H groups in total. The van der Waals surface area contributed by atoms with Crippen LogP contribution in [0.15, 0.2) is 24.3 Å². The van der Waals surface area contributed by atoms with Crippen LogP contribution in [-0.2, 0) is 4.79 Å². The minimum atomic E-state index is -0.640. The van der Waals surface area contributed by atoms with Crippen LogP contribution in [0.25, 0.3) is 0 Å². The first-order valence-corrected chi connectivity index (χ1v) is 5.84. The average molecular weight is 236 g/mol. The molecule has 1 saturated heterocycles. The minimum Gasteiger partial charge on any atom is -0.308 e. The van der Waals surface area contributed by atoms with Crippen LogP contribution in [0.4, 0.5) is 10.1 Å². The minimum absolute atomic E-state index is 0.0832. The van der Waals surface area contributed by atoms with E-state index in [-0.39, 0.29) is 11.7 Å². The van der Waals surface area contributed by atoms with Crippen molar-refractivity contribution in [3.63, 3.8) is 0 Å². The number of anilines is 1. The van der Waals surface area contributed by atoms with Crippen molar-refractivity contribution >= 4 is 11.6 Å². The van der Waals surface area contributed by atoms with Gasteiger partial charge in [0, 0.05) is 6.54 Å². The standard InChI is InChI=1S/C13H17FN2O/c1-13(2)12(17)16(9-5-8-15-13)11-7-4-3-6-10(11)14/h3-4,6-7,15H,5,8-9H2,1-2H3. The van der Waals surface area contributed by atoms with Gasteiger partial charge in [-0.15, -0.1) is 0 Å².